The van der Waals surface area contributed by atoms with Crippen LogP contribution in [-0.4, -0.2) is 28.4 Å². The number of carbonyl (C=O) groups is 2. The molecule has 210 valence electrons. The number of hydrogen-bond donors (Lipinski definition) is 1. The third kappa shape index (κ3) is 5.10. The number of hydrogen-bond acceptors (Lipinski definition) is 7. The maximum absolute atomic E-state index is 14.0. The van der Waals surface area contributed by atoms with Gasteiger partial charge in [0.05, 0.1) is 28.4 Å². The van der Waals surface area contributed by atoms with Gasteiger partial charge < -0.3 is 14.6 Å². The maximum Gasteiger partial charge on any atom is 0.301 e. The second kappa shape index (κ2) is 11.5. The lowest BCUT2D eigenvalue weighted by Crippen LogP contribution is -2.29. The van der Waals surface area contributed by atoms with E-state index < -0.39 is 23.5 Å². The van der Waals surface area contributed by atoms with Crippen LogP contribution in [0.1, 0.15) is 29.7 Å². The highest BCUT2D eigenvalue weighted by Crippen LogP contribution is 2.46. The quantitative estimate of drug-likeness (QED) is 0.120. The van der Waals surface area contributed by atoms with Crippen LogP contribution in [0.3, 0.4) is 0 Å². The molecule has 5 aromatic rings. The van der Waals surface area contributed by atoms with Crippen molar-refractivity contribution in [2.45, 2.75) is 19.6 Å². The summed E-state index contributed by atoms with van der Waals surface area (Å²) in [5.74, 6) is -1.54. The fraction of sp³-hybridized carbons (Fsp3) is 0.121. The molecule has 2 heterocycles. The number of rotatable bonds is 8. The average molecular weight is 581 g/mol. The van der Waals surface area contributed by atoms with Gasteiger partial charge in [0.2, 0.25) is 0 Å². The third-order valence-corrected chi connectivity index (χ3v) is 7.87. The third-order valence-electron chi connectivity index (χ3n) is 6.86. The van der Waals surface area contributed by atoms with E-state index >= 15 is 0 Å². The lowest BCUT2D eigenvalue weighted by molar-refractivity contribution is -0.132. The number of thiazole rings is 1. The molecule has 0 radical (unpaired) electrons. The van der Waals surface area contributed by atoms with Gasteiger partial charge in [0.15, 0.2) is 16.6 Å². The number of ether oxygens (including phenoxy) is 2. The molecule has 1 aliphatic heterocycles. The minimum absolute atomic E-state index is 0.0861. The number of ketones is 1. The van der Waals surface area contributed by atoms with Crippen LogP contribution in [0.25, 0.3) is 16.0 Å². The molecule has 1 atom stereocenters. The van der Waals surface area contributed by atoms with Gasteiger partial charge in [-0.15, -0.1) is 0 Å². The molecule has 1 aromatic heterocycles. The molecule has 1 saturated heterocycles. The lowest BCUT2D eigenvalue weighted by Gasteiger charge is -2.24. The van der Waals surface area contributed by atoms with Crippen LogP contribution >= 0.6 is 11.3 Å². The van der Waals surface area contributed by atoms with Crippen LogP contribution in [0.5, 0.6) is 11.5 Å². The number of aliphatic hydroxyl groups is 1. The normalized spacial score (nSPS) is 16.2. The van der Waals surface area contributed by atoms with Gasteiger partial charge in [-0.25, -0.2) is 9.37 Å². The van der Waals surface area contributed by atoms with Crippen LogP contribution in [0.4, 0.5) is 9.52 Å². The molecule has 7 nitrogen and oxygen atoms in total. The number of halogens is 1. The van der Waals surface area contributed by atoms with Crippen molar-refractivity contribution in [2.24, 2.45) is 0 Å². The summed E-state index contributed by atoms with van der Waals surface area (Å²) in [5.41, 5.74) is 2.27. The summed E-state index contributed by atoms with van der Waals surface area (Å²) >= 11 is 1.09. The van der Waals surface area contributed by atoms with Gasteiger partial charge in [0, 0.05) is 5.56 Å². The van der Waals surface area contributed by atoms with E-state index in [1.807, 2.05) is 37.3 Å². The van der Waals surface area contributed by atoms with Crippen molar-refractivity contribution in [3.05, 3.63) is 125 Å². The molecular formula is C33H25FN2O5S. The zero-order valence-corrected chi connectivity index (χ0v) is 23.3. The lowest BCUT2D eigenvalue weighted by atomic mass is 9.95. The Balaban J connectivity index is 1.48. The topological polar surface area (TPSA) is 89.0 Å². The first-order valence-corrected chi connectivity index (χ1v) is 14.1. The Morgan fingerprint density at radius 2 is 1.67 bits per heavy atom. The summed E-state index contributed by atoms with van der Waals surface area (Å²) < 4.78 is 26.5. The van der Waals surface area contributed by atoms with Crippen molar-refractivity contribution in [3.63, 3.8) is 0 Å². The maximum atomic E-state index is 14.0. The highest BCUT2D eigenvalue weighted by molar-refractivity contribution is 7.22. The highest BCUT2D eigenvalue weighted by Gasteiger charge is 2.48. The predicted molar refractivity (Wildman–Crippen MR) is 159 cm³/mol. The molecule has 4 aromatic carbocycles. The summed E-state index contributed by atoms with van der Waals surface area (Å²) in [4.78, 5) is 32.9. The summed E-state index contributed by atoms with van der Waals surface area (Å²) in [7, 11) is 0. The Bertz CT molecular complexity index is 1820. The van der Waals surface area contributed by atoms with E-state index in [1.54, 1.807) is 48.5 Å². The molecule has 1 N–H and O–H groups in total. The van der Waals surface area contributed by atoms with Gasteiger partial charge in [-0.2, -0.15) is 0 Å². The Morgan fingerprint density at radius 1 is 0.929 bits per heavy atom. The highest BCUT2D eigenvalue weighted by atomic mass is 32.1. The number of nitrogens with zero attached hydrogens (tertiary/aromatic N) is 2. The standard InChI is InChI=1S/C33H25FN2O5S/c1-2-40-26-17-22(13-16-25(26)41-19-20-9-5-3-6-10-20)29-28(30(37)21-11-7-4-8-12-21)31(38)32(39)36(29)33-35-24-15-14-23(34)18-27(24)42-33/h3-18,29,37H,2,19H2,1H3. The molecule has 0 aliphatic carbocycles. The molecule has 42 heavy (non-hydrogen) atoms. The minimum Gasteiger partial charge on any atom is -0.507 e. The van der Waals surface area contributed by atoms with Crippen molar-refractivity contribution in [3.8, 4) is 11.5 Å². The van der Waals surface area contributed by atoms with Gasteiger partial charge >= 0.3 is 5.91 Å². The van der Waals surface area contributed by atoms with E-state index in [4.69, 9.17) is 9.47 Å². The number of anilines is 1. The van der Waals surface area contributed by atoms with Gasteiger partial charge in [-0.3, -0.25) is 14.5 Å². The minimum atomic E-state index is -1.03. The molecular weight excluding hydrogens is 555 g/mol. The Labute approximate surface area is 245 Å². The first kappa shape index (κ1) is 27.2. The van der Waals surface area contributed by atoms with E-state index in [0.717, 1.165) is 16.9 Å². The molecule has 1 fully saturated rings. The van der Waals surface area contributed by atoms with Crippen molar-refractivity contribution in [1.29, 1.82) is 0 Å². The van der Waals surface area contributed by atoms with Crippen LogP contribution < -0.4 is 14.4 Å². The second-order valence-corrected chi connectivity index (χ2v) is 10.6. The fourth-order valence-electron chi connectivity index (χ4n) is 4.90. The van der Waals surface area contributed by atoms with Crippen LogP contribution in [0, 0.1) is 5.82 Å². The van der Waals surface area contributed by atoms with Crippen molar-refractivity contribution >= 4 is 44.1 Å². The van der Waals surface area contributed by atoms with Crippen LogP contribution in [0.2, 0.25) is 0 Å². The Kier molecular flexibility index (Phi) is 7.41. The average Bonchev–Trinajstić information content (AvgIpc) is 3.54. The van der Waals surface area contributed by atoms with Gasteiger partial charge in [0.1, 0.15) is 18.2 Å². The first-order valence-electron chi connectivity index (χ1n) is 13.3. The zero-order chi connectivity index (χ0) is 29.2. The number of benzene rings is 4. The SMILES string of the molecule is CCOc1cc(C2C(=C(O)c3ccccc3)C(=O)C(=O)N2c2nc3ccc(F)cc3s2)ccc1OCc1ccccc1. The van der Waals surface area contributed by atoms with E-state index in [2.05, 4.69) is 4.98 Å². The summed E-state index contributed by atoms with van der Waals surface area (Å²) in [6.45, 7) is 2.50. The van der Waals surface area contributed by atoms with Gasteiger partial charge in [0.25, 0.3) is 5.78 Å². The summed E-state index contributed by atoms with van der Waals surface area (Å²) in [5, 5.41) is 11.6. The first-order chi connectivity index (χ1) is 20.4. The molecule has 0 saturated carbocycles. The molecule has 9 heteroatoms. The van der Waals surface area contributed by atoms with Crippen LogP contribution in [-0.2, 0) is 16.2 Å². The van der Waals surface area contributed by atoms with E-state index in [1.165, 1.54) is 23.1 Å². The number of Topliss-reactive ketones (excluding diaryl/α,β-unsaturated/α-hetero) is 1. The van der Waals surface area contributed by atoms with E-state index in [0.29, 0.717) is 46.1 Å². The van der Waals surface area contributed by atoms with E-state index in [9.17, 15) is 19.1 Å². The smallest absolute Gasteiger partial charge is 0.301 e. The number of fused-ring (bicyclic) bond motifs is 1. The number of aliphatic hydroxyl groups excluding tert-OH is 1. The molecule has 1 amide bonds. The monoisotopic (exact) mass is 580 g/mol. The summed E-state index contributed by atoms with van der Waals surface area (Å²) in [6.07, 6.45) is 0. The number of carbonyl (C=O) groups excluding carboxylic acids is 2. The largest absolute Gasteiger partial charge is 0.507 e. The van der Waals surface area contributed by atoms with Crippen LogP contribution in [0.15, 0.2) is 103 Å². The molecule has 0 bridgehead atoms. The molecule has 6 rings (SSSR count). The molecule has 0 spiro atoms. The van der Waals surface area contributed by atoms with Gasteiger partial charge in [-0.1, -0.05) is 78.1 Å². The van der Waals surface area contributed by atoms with Crippen molar-refractivity contribution < 1.29 is 28.6 Å². The second-order valence-electron chi connectivity index (χ2n) is 9.56. The van der Waals surface area contributed by atoms with E-state index in [-0.39, 0.29) is 16.5 Å². The molecule has 1 aliphatic rings. The van der Waals surface area contributed by atoms with Crippen molar-refractivity contribution in [2.75, 3.05) is 11.5 Å². The van der Waals surface area contributed by atoms with Gasteiger partial charge in [-0.05, 0) is 48.4 Å². The fourth-order valence-corrected chi connectivity index (χ4v) is 5.92. The number of amides is 1. The molecule has 1 unspecified atom stereocenters. The summed E-state index contributed by atoms with van der Waals surface area (Å²) in [6, 6.07) is 26.5. The Hall–Kier alpha value is -5.02. The zero-order valence-electron chi connectivity index (χ0n) is 22.5. The van der Waals surface area contributed by atoms with Crippen molar-refractivity contribution in [1.82, 2.24) is 4.98 Å². The predicted octanol–water partition coefficient (Wildman–Crippen LogP) is 7.04. The number of aromatic nitrogens is 1. The Morgan fingerprint density at radius 3 is 2.40 bits per heavy atom.